The van der Waals surface area contributed by atoms with Crippen molar-refractivity contribution in [1.29, 1.82) is 0 Å². The Morgan fingerprint density at radius 2 is 1.73 bits per heavy atom. The average Bonchev–Trinajstić information content (AvgIpc) is 2.99. The number of amides is 2. The third-order valence-electron chi connectivity index (χ3n) is 7.92. The van der Waals surface area contributed by atoms with E-state index in [0.29, 0.717) is 30.0 Å². The Labute approximate surface area is 179 Å². The highest BCUT2D eigenvalue weighted by Crippen LogP contribution is 2.60. The number of rotatable bonds is 7. The van der Waals surface area contributed by atoms with Crippen molar-refractivity contribution >= 4 is 23.2 Å². The molecule has 6 rings (SSSR count). The van der Waals surface area contributed by atoms with Gasteiger partial charge in [-0.1, -0.05) is 44.4 Å². The summed E-state index contributed by atoms with van der Waals surface area (Å²) >= 11 is 0. The van der Waals surface area contributed by atoms with Gasteiger partial charge in [0.15, 0.2) is 5.71 Å². The first-order valence-electron chi connectivity index (χ1n) is 11.9. The van der Waals surface area contributed by atoms with Gasteiger partial charge in [0, 0.05) is 12.1 Å². The SMILES string of the molecule is CCCCCCN1C(=O)C(=NNC(=O)C23CC4CC(CC(C4)C2)C3)c2ccccc21. The molecule has 0 saturated heterocycles. The maximum absolute atomic E-state index is 13.3. The quantitative estimate of drug-likeness (QED) is 0.528. The maximum Gasteiger partial charge on any atom is 0.279 e. The molecule has 0 spiro atoms. The van der Waals surface area contributed by atoms with E-state index in [0.717, 1.165) is 43.4 Å². The van der Waals surface area contributed by atoms with Crippen molar-refractivity contribution in [2.75, 3.05) is 11.4 Å². The molecule has 1 aromatic rings. The van der Waals surface area contributed by atoms with E-state index in [-0.39, 0.29) is 17.2 Å². The number of benzene rings is 1. The van der Waals surface area contributed by atoms with Crippen LogP contribution in [0.15, 0.2) is 29.4 Å². The number of nitrogens with zero attached hydrogens (tertiary/aromatic N) is 2. The van der Waals surface area contributed by atoms with Gasteiger partial charge in [-0.2, -0.15) is 5.10 Å². The highest BCUT2D eigenvalue weighted by molar-refractivity contribution is 6.54. The number of unbranched alkanes of at least 4 members (excludes halogenated alkanes) is 3. The van der Waals surface area contributed by atoms with Gasteiger partial charge in [0.25, 0.3) is 5.91 Å². The van der Waals surface area contributed by atoms with Crippen LogP contribution in [0.1, 0.15) is 76.7 Å². The minimum Gasteiger partial charge on any atom is -0.306 e. The predicted molar refractivity (Wildman–Crippen MR) is 118 cm³/mol. The first-order valence-corrected chi connectivity index (χ1v) is 11.9. The lowest BCUT2D eigenvalue weighted by Gasteiger charge is -2.55. The third-order valence-corrected chi connectivity index (χ3v) is 7.92. The molecule has 5 nitrogen and oxygen atoms in total. The Morgan fingerprint density at radius 1 is 1.07 bits per heavy atom. The van der Waals surface area contributed by atoms with Crippen molar-refractivity contribution in [2.24, 2.45) is 28.3 Å². The van der Waals surface area contributed by atoms with E-state index >= 15 is 0 Å². The average molecular weight is 408 g/mol. The van der Waals surface area contributed by atoms with E-state index in [1.807, 2.05) is 29.2 Å². The number of para-hydroxylation sites is 1. The summed E-state index contributed by atoms with van der Waals surface area (Å²) in [4.78, 5) is 28.2. The van der Waals surface area contributed by atoms with Gasteiger partial charge in [-0.25, -0.2) is 5.43 Å². The number of anilines is 1. The van der Waals surface area contributed by atoms with Crippen LogP contribution in [0.2, 0.25) is 0 Å². The molecule has 0 unspecified atom stereocenters. The van der Waals surface area contributed by atoms with E-state index in [1.165, 1.54) is 32.1 Å². The van der Waals surface area contributed by atoms with E-state index < -0.39 is 0 Å². The standard InChI is InChI=1S/C25H33N3O2/c1-2-3-4-7-10-28-21-9-6-5-8-20(21)22(23(28)29)26-27-24(30)25-14-17-11-18(15-25)13-19(12-17)16-25/h5-6,8-9,17-19H,2-4,7,10-16H2,1H3,(H,27,30). The molecule has 2 amide bonds. The highest BCUT2D eigenvalue weighted by Gasteiger charge is 2.54. The fourth-order valence-electron chi connectivity index (χ4n) is 6.90. The van der Waals surface area contributed by atoms with Gasteiger partial charge in [0.2, 0.25) is 5.91 Å². The second-order valence-electron chi connectivity index (χ2n) is 10.1. The molecular formula is C25H33N3O2. The lowest BCUT2D eigenvalue weighted by atomic mass is 9.49. The number of fused-ring (bicyclic) bond motifs is 1. The number of hydrazone groups is 1. The monoisotopic (exact) mass is 407 g/mol. The fourth-order valence-corrected chi connectivity index (χ4v) is 6.90. The number of hydrogen-bond acceptors (Lipinski definition) is 3. The molecule has 0 aromatic heterocycles. The van der Waals surface area contributed by atoms with E-state index in [4.69, 9.17) is 0 Å². The Bertz CT molecular complexity index is 840. The zero-order chi connectivity index (χ0) is 20.7. The first kappa shape index (κ1) is 19.8. The first-order chi connectivity index (χ1) is 14.6. The molecule has 4 bridgehead atoms. The van der Waals surface area contributed by atoms with E-state index in [1.54, 1.807) is 0 Å². The van der Waals surface area contributed by atoms with Gasteiger partial charge in [0.1, 0.15) is 0 Å². The Hall–Kier alpha value is -2.17. The molecule has 0 atom stereocenters. The number of carbonyl (C=O) groups excluding carboxylic acids is 2. The molecule has 1 aliphatic heterocycles. The van der Waals surface area contributed by atoms with Crippen LogP contribution in [0.4, 0.5) is 5.69 Å². The third kappa shape index (κ3) is 3.36. The molecule has 1 heterocycles. The van der Waals surface area contributed by atoms with Crippen LogP contribution in [0.5, 0.6) is 0 Å². The summed E-state index contributed by atoms with van der Waals surface area (Å²) < 4.78 is 0. The van der Waals surface area contributed by atoms with Crippen LogP contribution in [0, 0.1) is 23.2 Å². The summed E-state index contributed by atoms with van der Waals surface area (Å²) in [5.74, 6) is 2.09. The van der Waals surface area contributed by atoms with E-state index in [9.17, 15) is 9.59 Å². The summed E-state index contributed by atoms with van der Waals surface area (Å²) in [5.41, 5.74) is 4.74. The number of hydrogen-bond donors (Lipinski definition) is 1. The lowest BCUT2D eigenvalue weighted by Crippen LogP contribution is -2.53. The molecule has 5 aliphatic rings. The molecule has 4 saturated carbocycles. The zero-order valence-corrected chi connectivity index (χ0v) is 18.0. The molecule has 5 heteroatoms. The van der Waals surface area contributed by atoms with Crippen molar-refractivity contribution in [1.82, 2.24) is 5.43 Å². The van der Waals surface area contributed by atoms with Crippen molar-refractivity contribution in [3.05, 3.63) is 29.8 Å². The Kier molecular flexibility index (Phi) is 5.16. The summed E-state index contributed by atoms with van der Waals surface area (Å²) in [5, 5.41) is 4.42. The molecule has 1 aromatic carbocycles. The fraction of sp³-hybridized carbons (Fsp3) is 0.640. The van der Waals surface area contributed by atoms with Gasteiger partial charge in [0.05, 0.1) is 11.1 Å². The van der Waals surface area contributed by atoms with Gasteiger partial charge in [-0.15, -0.1) is 0 Å². The van der Waals surface area contributed by atoms with Crippen LogP contribution in [-0.2, 0) is 9.59 Å². The molecule has 30 heavy (non-hydrogen) atoms. The molecule has 160 valence electrons. The van der Waals surface area contributed by atoms with Crippen LogP contribution in [-0.4, -0.2) is 24.1 Å². The van der Waals surface area contributed by atoms with Crippen molar-refractivity contribution < 1.29 is 9.59 Å². The lowest BCUT2D eigenvalue weighted by molar-refractivity contribution is -0.146. The van der Waals surface area contributed by atoms with Crippen LogP contribution in [0.25, 0.3) is 0 Å². The minimum absolute atomic E-state index is 0.0424. The zero-order valence-electron chi connectivity index (χ0n) is 18.0. The molecule has 4 fully saturated rings. The van der Waals surface area contributed by atoms with Crippen molar-refractivity contribution in [3.63, 3.8) is 0 Å². The van der Waals surface area contributed by atoms with Crippen molar-refractivity contribution in [2.45, 2.75) is 71.1 Å². The predicted octanol–water partition coefficient (Wildman–Crippen LogP) is 4.65. The topological polar surface area (TPSA) is 61.8 Å². The summed E-state index contributed by atoms with van der Waals surface area (Å²) in [6, 6.07) is 7.82. The Balaban J connectivity index is 1.32. The van der Waals surface area contributed by atoms with Crippen molar-refractivity contribution in [3.8, 4) is 0 Å². The number of carbonyl (C=O) groups is 2. The van der Waals surface area contributed by atoms with Gasteiger partial charge < -0.3 is 4.90 Å². The largest absolute Gasteiger partial charge is 0.306 e. The smallest absolute Gasteiger partial charge is 0.279 e. The summed E-state index contributed by atoms with van der Waals surface area (Å²) in [6.07, 6.45) is 11.4. The second kappa shape index (κ2) is 7.82. The summed E-state index contributed by atoms with van der Waals surface area (Å²) in [6.45, 7) is 2.89. The summed E-state index contributed by atoms with van der Waals surface area (Å²) in [7, 11) is 0. The van der Waals surface area contributed by atoms with Gasteiger partial charge in [-0.3, -0.25) is 9.59 Å². The molecule has 1 N–H and O–H groups in total. The molecule has 4 aliphatic carbocycles. The maximum atomic E-state index is 13.3. The molecule has 0 radical (unpaired) electrons. The van der Waals surface area contributed by atoms with Crippen LogP contribution in [0.3, 0.4) is 0 Å². The number of nitrogens with one attached hydrogen (secondary N) is 1. The second-order valence-corrected chi connectivity index (χ2v) is 10.1. The molecular weight excluding hydrogens is 374 g/mol. The Morgan fingerprint density at radius 3 is 2.40 bits per heavy atom. The minimum atomic E-state index is -0.250. The highest BCUT2D eigenvalue weighted by atomic mass is 16.2. The van der Waals surface area contributed by atoms with E-state index in [2.05, 4.69) is 17.5 Å². The van der Waals surface area contributed by atoms with Crippen LogP contribution < -0.4 is 10.3 Å². The van der Waals surface area contributed by atoms with Gasteiger partial charge >= 0.3 is 0 Å². The normalized spacial score (nSPS) is 32.7. The van der Waals surface area contributed by atoms with Gasteiger partial charge in [-0.05, 0) is 68.8 Å². The van der Waals surface area contributed by atoms with Crippen LogP contribution >= 0.6 is 0 Å².